The second-order valence-electron chi connectivity index (χ2n) is 4.75. The van der Waals surface area contributed by atoms with Crippen molar-refractivity contribution in [1.29, 1.82) is 0 Å². The SMILES string of the molecule is CC1=C(C)C2(C)CCCC1C2N. The van der Waals surface area contributed by atoms with Crippen LogP contribution in [0.4, 0.5) is 0 Å². The summed E-state index contributed by atoms with van der Waals surface area (Å²) >= 11 is 0. The van der Waals surface area contributed by atoms with Crippen LogP contribution in [-0.2, 0) is 0 Å². The average molecular weight is 165 g/mol. The lowest BCUT2D eigenvalue weighted by molar-refractivity contribution is 0.209. The Kier molecular flexibility index (Phi) is 1.63. The molecule has 2 rings (SSSR count). The topological polar surface area (TPSA) is 26.0 Å². The van der Waals surface area contributed by atoms with Crippen LogP contribution in [0, 0.1) is 11.3 Å². The van der Waals surface area contributed by atoms with E-state index in [0.29, 0.717) is 17.4 Å². The first-order valence-electron chi connectivity index (χ1n) is 5.01. The number of hydrogen-bond acceptors (Lipinski definition) is 1. The molecule has 0 aliphatic heterocycles. The fourth-order valence-corrected chi connectivity index (χ4v) is 3.13. The van der Waals surface area contributed by atoms with Crippen molar-refractivity contribution in [1.82, 2.24) is 0 Å². The minimum atomic E-state index is 0.340. The molecular formula is C11H19N. The third kappa shape index (κ3) is 0.779. The first-order valence-corrected chi connectivity index (χ1v) is 5.01. The molecule has 0 aromatic carbocycles. The van der Waals surface area contributed by atoms with Gasteiger partial charge in [-0.05, 0) is 32.6 Å². The van der Waals surface area contributed by atoms with Gasteiger partial charge in [0.25, 0.3) is 0 Å². The van der Waals surface area contributed by atoms with Gasteiger partial charge in [-0.25, -0.2) is 0 Å². The van der Waals surface area contributed by atoms with Gasteiger partial charge in [0.1, 0.15) is 0 Å². The van der Waals surface area contributed by atoms with Crippen molar-refractivity contribution in [3.8, 4) is 0 Å². The van der Waals surface area contributed by atoms with Crippen LogP contribution in [0.5, 0.6) is 0 Å². The van der Waals surface area contributed by atoms with Gasteiger partial charge in [0.2, 0.25) is 0 Å². The summed E-state index contributed by atoms with van der Waals surface area (Å²) in [5, 5.41) is 0. The van der Waals surface area contributed by atoms with Crippen LogP contribution in [0.2, 0.25) is 0 Å². The molecule has 1 fully saturated rings. The van der Waals surface area contributed by atoms with E-state index >= 15 is 0 Å². The van der Waals surface area contributed by atoms with E-state index in [1.54, 1.807) is 11.1 Å². The van der Waals surface area contributed by atoms with Gasteiger partial charge in [0.15, 0.2) is 0 Å². The zero-order valence-electron chi connectivity index (χ0n) is 8.35. The molecule has 0 radical (unpaired) electrons. The van der Waals surface area contributed by atoms with Gasteiger partial charge in [-0.1, -0.05) is 24.5 Å². The highest BCUT2D eigenvalue weighted by Gasteiger charge is 2.47. The van der Waals surface area contributed by atoms with Crippen LogP contribution in [0.1, 0.15) is 40.0 Å². The highest BCUT2D eigenvalue weighted by Crippen LogP contribution is 2.53. The molecule has 2 aliphatic rings. The summed E-state index contributed by atoms with van der Waals surface area (Å²) in [5.41, 5.74) is 9.76. The standard InChI is InChI=1S/C11H19N/c1-7-8(2)11(3)6-4-5-9(7)10(11)12/h9-10H,4-6,12H2,1-3H3. The normalized spacial score (nSPS) is 47.0. The van der Waals surface area contributed by atoms with Crippen molar-refractivity contribution in [2.45, 2.75) is 46.1 Å². The Bertz CT molecular complexity index is 241. The van der Waals surface area contributed by atoms with E-state index in [1.807, 2.05) is 0 Å². The molecule has 0 amide bonds. The lowest BCUT2D eigenvalue weighted by Crippen LogP contribution is -2.43. The first-order chi connectivity index (χ1) is 5.57. The van der Waals surface area contributed by atoms with Crippen molar-refractivity contribution in [2.24, 2.45) is 17.1 Å². The maximum Gasteiger partial charge on any atom is 0.0197 e. The smallest absolute Gasteiger partial charge is 0.0197 e. The van der Waals surface area contributed by atoms with Crippen LogP contribution >= 0.6 is 0 Å². The molecule has 2 bridgehead atoms. The Morgan fingerprint density at radius 2 is 2.08 bits per heavy atom. The lowest BCUT2D eigenvalue weighted by atomic mass is 9.70. The quantitative estimate of drug-likeness (QED) is 0.548. The van der Waals surface area contributed by atoms with Gasteiger partial charge >= 0.3 is 0 Å². The van der Waals surface area contributed by atoms with Crippen molar-refractivity contribution >= 4 is 0 Å². The maximum atomic E-state index is 6.26. The van der Waals surface area contributed by atoms with Crippen molar-refractivity contribution < 1.29 is 0 Å². The fraction of sp³-hybridized carbons (Fsp3) is 0.818. The molecular weight excluding hydrogens is 146 g/mol. The van der Waals surface area contributed by atoms with E-state index in [1.165, 1.54) is 19.3 Å². The van der Waals surface area contributed by atoms with E-state index < -0.39 is 0 Å². The summed E-state index contributed by atoms with van der Waals surface area (Å²) in [5.74, 6) is 0.698. The van der Waals surface area contributed by atoms with Crippen molar-refractivity contribution in [3.05, 3.63) is 11.1 Å². The average Bonchev–Trinajstić information content (AvgIpc) is 2.20. The minimum absolute atomic E-state index is 0.340. The monoisotopic (exact) mass is 165 g/mol. The molecule has 0 aromatic rings. The fourth-order valence-electron chi connectivity index (χ4n) is 3.13. The van der Waals surface area contributed by atoms with Gasteiger partial charge in [0.05, 0.1) is 0 Å². The zero-order valence-corrected chi connectivity index (χ0v) is 8.35. The van der Waals surface area contributed by atoms with Gasteiger partial charge in [0, 0.05) is 11.5 Å². The molecule has 0 heterocycles. The second-order valence-corrected chi connectivity index (χ2v) is 4.75. The minimum Gasteiger partial charge on any atom is -0.326 e. The number of hydrogen-bond donors (Lipinski definition) is 1. The number of nitrogens with two attached hydrogens (primary N) is 1. The molecule has 1 heteroatoms. The molecule has 0 saturated heterocycles. The molecule has 2 N–H and O–H groups in total. The van der Waals surface area contributed by atoms with Crippen LogP contribution in [0.3, 0.4) is 0 Å². The Labute approximate surface area is 75.0 Å². The molecule has 1 saturated carbocycles. The van der Waals surface area contributed by atoms with Gasteiger partial charge in [-0.3, -0.25) is 0 Å². The summed E-state index contributed by atoms with van der Waals surface area (Å²) < 4.78 is 0. The molecule has 0 spiro atoms. The van der Waals surface area contributed by atoms with E-state index in [0.717, 1.165) is 0 Å². The molecule has 3 atom stereocenters. The van der Waals surface area contributed by atoms with Crippen molar-refractivity contribution in [2.75, 3.05) is 0 Å². The number of rotatable bonds is 0. The van der Waals surface area contributed by atoms with E-state index in [9.17, 15) is 0 Å². The molecule has 3 unspecified atom stereocenters. The van der Waals surface area contributed by atoms with Crippen LogP contribution in [-0.4, -0.2) is 6.04 Å². The van der Waals surface area contributed by atoms with Crippen LogP contribution in [0.25, 0.3) is 0 Å². The van der Waals surface area contributed by atoms with Gasteiger partial charge in [-0.2, -0.15) is 0 Å². The highest BCUT2D eigenvalue weighted by atomic mass is 14.8. The third-order valence-corrected chi connectivity index (χ3v) is 4.38. The molecule has 2 aliphatic carbocycles. The summed E-state index contributed by atoms with van der Waals surface area (Å²) in [7, 11) is 0. The van der Waals surface area contributed by atoms with E-state index in [4.69, 9.17) is 5.73 Å². The molecule has 12 heavy (non-hydrogen) atoms. The predicted molar refractivity (Wildman–Crippen MR) is 51.8 cm³/mol. The molecule has 0 aromatic heterocycles. The zero-order chi connectivity index (χ0) is 8.93. The summed E-state index contributed by atoms with van der Waals surface area (Å²) in [6.45, 7) is 6.90. The number of fused-ring (bicyclic) bond motifs is 2. The largest absolute Gasteiger partial charge is 0.326 e. The summed E-state index contributed by atoms with van der Waals surface area (Å²) in [4.78, 5) is 0. The van der Waals surface area contributed by atoms with Crippen molar-refractivity contribution in [3.63, 3.8) is 0 Å². The second kappa shape index (κ2) is 2.35. The summed E-state index contributed by atoms with van der Waals surface area (Å²) in [6, 6.07) is 0.409. The van der Waals surface area contributed by atoms with Crippen LogP contribution in [0.15, 0.2) is 11.1 Å². The van der Waals surface area contributed by atoms with E-state index in [2.05, 4.69) is 20.8 Å². The first kappa shape index (κ1) is 8.31. The molecule has 68 valence electrons. The summed E-state index contributed by atoms with van der Waals surface area (Å²) in [6.07, 6.45) is 3.98. The predicted octanol–water partition coefficient (Wildman–Crippen LogP) is 2.47. The van der Waals surface area contributed by atoms with Gasteiger partial charge < -0.3 is 5.73 Å². The highest BCUT2D eigenvalue weighted by molar-refractivity contribution is 5.33. The lowest BCUT2D eigenvalue weighted by Gasteiger charge is -2.38. The molecule has 1 nitrogen and oxygen atoms in total. The third-order valence-electron chi connectivity index (χ3n) is 4.38. The maximum absolute atomic E-state index is 6.26. The van der Waals surface area contributed by atoms with E-state index in [-0.39, 0.29) is 0 Å². The Morgan fingerprint density at radius 1 is 1.42 bits per heavy atom. The Hall–Kier alpha value is -0.300. The Balaban J connectivity index is 2.45. The van der Waals surface area contributed by atoms with Gasteiger partial charge in [-0.15, -0.1) is 0 Å². The Morgan fingerprint density at radius 3 is 2.58 bits per heavy atom. The van der Waals surface area contributed by atoms with Crippen LogP contribution < -0.4 is 5.73 Å².